The lowest BCUT2D eigenvalue weighted by molar-refractivity contribution is 0.201. The average Bonchev–Trinajstić information content (AvgIpc) is 3.42. The molecule has 1 N–H and O–H groups in total. The maximum atomic E-state index is 13.3. The molecule has 1 aromatic heterocycles. The van der Waals surface area contributed by atoms with Gasteiger partial charge in [-0.3, -0.25) is 0 Å². The zero-order valence-corrected chi connectivity index (χ0v) is 21.4. The highest BCUT2D eigenvalue weighted by Gasteiger charge is 2.22. The van der Waals surface area contributed by atoms with Crippen LogP contribution in [-0.2, 0) is 23.2 Å². The van der Waals surface area contributed by atoms with Gasteiger partial charge in [0.15, 0.2) is 11.5 Å². The molecule has 0 saturated heterocycles. The number of furan rings is 1. The molecule has 2 amide bonds. The highest BCUT2D eigenvalue weighted by molar-refractivity contribution is 7.87. The number of carbonyl (C=O) groups is 1. The van der Waals surface area contributed by atoms with Crippen molar-refractivity contribution in [3.8, 4) is 17.2 Å². The molecule has 0 aliphatic rings. The van der Waals surface area contributed by atoms with Crippen LogP contribution in [-0.4, -0.2) is 33.6 Å². The van der Waals surface area contributed by atoms with Crippen molar-refractivity contribution in [2.45, 2.75) is 18.0 Å². The summed E-state index contributed by atoms with van der Waals surface area (Å²) in [5.41, 5.74) is 1.03. The molecule has 0 atom stereocenters. The van der Waals surface area contributed by atoms with Gasteiger partial charge in [-0.1, -0.05) is 18.2 Å². The minimum absolute atomic E-state index is 0.0681. The quantitative estimate of drug-likeness (QED) is 0.267. The SMILES string of the molecule is COc1ccccc1NC(=O)N(Cc1ccc(OC)c(OS(=O)(=O)c2ccc(F)cc2)c1)Cc1ccco1. The highest BCUT2D eigenvalue weighted by Crippen LogP contribution is 2.32. The number of nitrogens with one attached hydrogen (secondary N) is 1. The lowest BCUT2D eigenvalue weighted by Gasteiger charge is -2.23. The first kappa shape index (κ1) is 26.6. The van der Waals surface area contributed by atoms with Crippen LogP contribution < -0.4 is 19.0 Å². The van der Waals surface area contributed by atoms with Gasteiger partial charge in [-0.05, 0) is 66.2 Å². The molecule has 198 valence electrons. The summed E-state index contributed by atoms with van der Waals surface area (Å²) in [5.74, 6) is 0.536. The molecule has 9 nitrogen and oxygen atoms in total. The summed E-state index contributed by atoms with van der Waals surface area (Å²) in [4.78, 5) is 14.6. The average molecular weight is 541 g/mol. The van der Waals surface area contributed by atoms with E-state index >= 15 is 0 Å². The Balaban J connectivity index is 1.60. The molecule has 3 aromatic carbocycles. The summed E-state index contributed by atoms with van der Waals surface area (Å²) in [6, 6.07) is 18.9. The molecule has 0 saturated carbocycles. The van der Waals surface area contributed by atoms with E-state index in [4.69, 9.17) is 18.1 Å². The van der Waals surface area contributed by atoms with Crippen molar-refractivity contribution in [2.24, 2.45) is 0 Å². The fraction of sp³-hybridized carbons (Fsp3) is 0.148. The summed E-state index contributed by atoms with van der Waals surface area (Å²) >= 11 is 0. The van der Waals surface area contributed by atoms with E-state index in [-0.39, 0.29) is 29.5 Å². The highest BCUT2D eigenvalue weighted by atomic mass is 32.2. The summed E-state index contributed by atoms with van der Waals surface area (Å²) in [5, 5.41) is 2.83. The van der Waals surface area contributed by atoms with Gasteiger partial charge >= 0.3 is 16.1 Å². The number of nitrogens with zero attached hydrogens (tertiary/aromatic N) is 1. The normalized spacial score (nSPS) is 11.0. The molecule has 1 heterocycles. The number of halogens is 1. The van der Waals surface area contributed by atoms with Crippen molar-refractivity contribution in [1.29, 1.82) is 0 Å². The number of anilines is 1. The molecule has 0 bridgehead atoms. The molecule has 0 fully saturated rings. The van der Waals surface area contributed by atoms with Gasteiger partial charge in [-0.2, -0.15) is 8.42 Å². The Kier molecular flexibility index (Phi) is 8.17. The van der Waals surface area contributed by atoms with E-state index < -0.39 is 22.0 Å². The Bertz CT molecular complexity index is 1490. The number of para-hydroxylation sites is 2. The Morgan fingerprint density at radius 2 is 1.63 bits per heavy atom. The van der Waals surface area contributed by atoms with Crippen molar-refractivity contribution >= 4 is 21.8 Å². The number of rotatable bonds is 10. The van der Waals surface area contributed by atoms with Crippen LogP contribution in [0, 0.1) is 5.82 Å². The maximum absolute atomic E-state index is 13.3. The van der Waals surface area contributed by atoms with Gasteiger partial charge in [0.1, 0.15) is 22.2 Å². The van der Waals surface area contributed by atoms with Crippen LogP contribution in [0.1, 0.15) is 11.3 Å². The van der Waals surface area contributed by atoms with Gasteiger partial charge in [0.25, 0.3) is 0 Å². The van der Waals surface area contributed by atoms with E-state index in [9.17, 15) is 17.6 Å². The number of benzene rings is 3. The second-order valence-electron chi connectivity index (χ2n) is 8.04. The van der Waals surface area contributed by atoms with Gasteiger partial charge < -0.3 is 28.3 Å². The van der Waals surface area contributed by atoms with Crippen LogP contribution in [0.5, 0.6) is 17.2 Å². The second kappa shape index (κ2) is 11.7. The van der Waals surface area contributed by atoms with Crippen LogP contribution in [0.2, 0.25) is 0 Å². The van der Waals surface area contributed by atoms with E-state index in [1.165, 1.54) is 37.5 Å². The first-order valence-corrected chi connectivity index (χ1v) is 12.8. The summed E-state index contributed by atoms with van der Waals surface area (Å²) in [6.45, 7) is 0.197. The molecule has 4 rings (SSSR count). The fourth-order valence-electron chi connectivity index (χ4n) is 3.60. The Labute approximate surface area is 219 Å². The maximum Gasteiger partial charge on any atom is 0.339 e. The third kappa shape index (κ3) is 6.43. The van der Waals surface area contributed by atoms with Crippen molar-refractivity contribution in [2.75, 3.05) is 19.5 Å². The number of amides is 2. The lowest BCUT2D eigenvalue weighted by Crippen LogP contribution is -2.34. The number of hydrogen-bond donors (Lipinski definition) is 1. The molecular weight excluding hydrogens is 515 g/mol. The van der Waals surface area contributed by atoms with E-state index in [1.807, 2.05) is 0 Å². The van der Waals surface area contributed by atoms with Gasteiger partial charge in [0, 0.05) is 6.54 Å². The number of carbonyl (C=O) groups excluding carboxylic acids is 1. The fourth-order valence-corrected chi connectivity index (χ4v) is 4.54. The van der Waals surface area contributed by atoms with Gasteiger partial charge in [0.2, 0.25) is 0 Å². The lowest BCUT2D eigenvalue weighted by atomic mass is 10.2. The standard InChI is InChI=1S/C27H25FN2O7S/c1-34-24-8-4-3-7-23(24)29-27(31)30(18-21-6-5-15-36-21)17-19-9-14-25(35-2)26(16-19)37-38(32,33)22-12-10-20(28)11-13-22/h3-16H,17-18H2,1-2H3,(H,29,31). The Morgan fingerprint density at radius 3 is 2.32 bits per heavy atom. The van der Waals surface area contributed by atoms with E-state index in [2.05, 4.69) is 5.32 Å². The van der Waals surface area contributed by atoms with Crippen molar-refractivity contribution in [1.82, 2.24) is 4.90 Å². The largest absolute Gasteiger partial charge is 0.495 e. The molecular formula is C27H25FN2O7S. The summed E-state index contributed by atoms with van der Waals surface area (Å²) in [6.07, 6.45) is 1.51. The van der Waals surface area contributed by atoms with E-state index in [1.54, 1.807) is 42.5 Å². The predicted molar refractivity (Wildman–Crippen MR) is 137 cm³/mol. The molecule has 0 unspecified atom stereocenters. The zero-order chi connectivity index (χ0) is 27.1. The van der Waals surface area contributed by atoms with E-state index in [0.29, 0.717) is 22.8 Å². The first-order chi connectivity index (χ1) is 18.3. The predicted octanol–water partition coefficient (Wildman–Crippen LogP) is 5.44. The monoisotopic (exact) mass is 540 g/mol. The van der Waals surface area contributed by atoms with Crippen molar-refractivity contribution in [3.63, 3.8) is 0 Å². The van der Waals surface area contributed by atoms with Crippen molar-refractivity contribution in [3.05, 3.63) is 102 Å². The van der Waals surface area contributed by atoms with Crippen LogP contribution in [0.3, 0.4) is 0 Å². The van der Waals surface area contributed by atoms with Crippen LogP contribution in [0.15, 0.2) is 94.4 Å². The van der Waals surface area contributed by atoms with Gasteiger partial charge in [0.05, 0.1) is 32.7 Å². The number of urea groups is 1. The Hall–Kier alpha value is -4.51. The van der Waals surface area contributed by atoms with Crippen molar-refractivity contribution < 1.29 is 35.7 Å². The zero-order valence-electron chi connectivity index (χ0n) is 20.6. The smallest absolute Gasteiger partial charge is 0.339 e. The van der Waals surface area contributed by atoms with Gasteiger partial charge in [-0.25, -0.2) is 9.18 Å². The molecule has 0 spiro atoms. The second-order valence-corrected chi connectivity index (χ2v) is 9.59. The summed E-state index contributed by atoms with van der Waals surface area (Å²) in [7, 11) is -1.41. The number of ether oxygens (including phenoxy) is 2. The molecule has 0 aliphatic heterocycles. The van der Waals surface area contributed by atoms with Crippen LogP contribution in [0.25, 0.3) is 0 Å². The topological polar surface area (TPSA) is 107 Å². The minimum Gasteiger partial charge on any atom is -0.495 e. The molecule has 0 radical (unpaired) electrons. The minimum atomic E-state index is -4.28. The molecule has 11 heteroatoms. The molecule has 4 aromatic rings. The molecule has 38 heavy (non-hydrogen) atoms. The summed E-state index contributed by atoms with van der Waals surface area (Å²) < 4.78 is 60.2. The number of methoxy groups -OCH3 is 2. The van der Waals surface area contributed by atoms with Crippen LogP contribution in [0.4, 0.5) is 14.9 Å². The Morgan fingerprint density at radius 1 is 0.895 bits per heavy atom. The third-order valence-electron chi connectivity index (χ3n) is 5.47. The van der Waals surface area contributed by atoms with E-state index in [0.717, 1.165) is 24.3 Å². The third-order valence-corrected chi connectivity index (χ3v) is 6.71. The molecule has 0 aliphatic carbocycles. The number of hydrogen-bond acceptors (Lipinski definition) is 7. The first-order valence-electron chi connectivity index (χ1n) is 11.4. The van der Waals surface area contributed by atoms with Crippen LogP contribution >= 0.6 is 0 Å². The van der Waals surface area contributed by atoms with Gasteiger partial charge in [-0.15, -0.1) is 0 Å².